The lowest BCUT2D eigenvalue weighted by atomic mass is 10.1. The van der Waals surface area contributed by atoms with Gasteiger partial charge in [-0.3, -0.25) is 9.59 Å². The summed E-state index contributed by atoms with van der Waals surface area (Å²) < 4.78 is 18.3. The largest absolute Gasteiger partial charge is 0.496 e. The Labute approximate surface area is 151 Å². The van der Waals surface area contributed by atoms with Crippen molar-refractivity contribution in [3.63, 3.8) is 0 Å². The normalized spacial score (nSPS) is 16.6. The number of ether oxygens (including phenoxy) is 1. The van der Waals surface area contributed by atoms with E-state index in [9.17, 15) is 14.0 Å². The Kier molecular flexibility index (Phi) is 5.51. The maximum atomic E-state index is 13.0. The van der Waals surface area contributed by atoms with E-state index in [0.29, 0.717) is 31.6 Å². The fraction of sp³-hybridized carbons (Fsp3) is 0.300. The van der Waals surface area contributed by atoms with Crippen LogP contribution in [0, 0.1) is 11.7 Å². The summed E-state index contributed by atoms with van der Waals surface area (Å²) in [6.45, 7) is 0.884. The minimum atomic E-state index is -0.697. The highest BCUT2D eigenvalue weighted by Crippen LogP contribution is 2.25. The fourth-order valence-corrected chi connectivity index (χ4v) is 3.15. The number of methoxy groups -OCH3 is 1. The predicted octanol–water partition coefficient (Wildman–Crippen LogP) is 2.55. The first-order chi connectivity index (χ1) is 12.6. The van der Waals surface area contributed by atoms with E-state index in [-0.39, 0.29) is 17.6 Å². The number of hydrogen-bond donors (Lipinski definition) is 1. The van der Waals surface area contributed by atoms with Crippen molar-refractivity contribution < 1.29 is 18.7 Å². The van der Waals surface area contributed by atoms with Crippen LogP contribution in [0.1, 0.15) is 12.0 Å². The standard InChI is InChI=1S/C20H21FN2O3/c1-26-18-5-3-2-4-14(18)10-12-22-19(24)17-11-13-23(20(17)25)16-8-6-15(21)7-9-16/h2-9,17H,10-13H2,1H3,(H,22,24). The molecule has 2 aromatic rings. The van der Waals surface area contributed by atoms with Gasteiger partial charge in [0.15, 0.2) is 0 Å². The lowest BCUT2D eigenvalue weighted by Gasteiger charge is -2.16. The number of carbonyl (C=O) groups is 2. The quantitative estimate of drug-likeness (QED) is 0.810. The SMILES string of the molecule is COc1ccccc1CCNC(=O)C1CCN(c2ccc(F)cc2)C1=O. The van der Waals surface area contributed by atoms with Crippen LogP contribution in [-0.4, -0.2) is 32.0 Å². The van der Waals surface area contributed by atoms with E-state index in [1.54, 1.807) is 19.2 Å². The summed E-state index contributed by atoms with van der Waals surface area (Å²) in [6, 6.07) is 13.3. The second-order valence-corrected chi connectivity index (χ2v) is 6.16. The van der Waals surface area contributed by atoms with Crippen LogP contribution < -0.4 is 15.0 Å². The fourth-order valence-electron chi connectivity index (χ4n) is 3.15. The highest BCUT2D eigenvalue weighted by Gasteiger charge is 2.37. The van der Waals surface area contributed by atoms with Crippen LogP contribution in [-0.2, 0) is 16.0 Å². The molecule has 1 atom stereocenters. The van der Waals surface area contributed by atoms with Crippen LogP contribution in [0.2, 0.25) is 0 Å². The molecule has 1 aliphatic rings. The Morgan fingerprint density at radius 2 is 1.96 bits per heavy atom. The van der Waals surface area contributed by atoms with Gasteiger partial charge in [-0.2, -0.15) is 0 Å². The number of para-hydroxylation sites is 1. The molecule has 2 amide bonds. The van der Waals surface area contributed by atoms with Crippen LogP contribution in [0.25, 0.3) is 0 Å². The molecule has 1 saturated heterocycles. The van der Waals surface area contributed by atoms with Crippen molar-refractivity contribution in [1.82, 2.24) is 5.32 Å². The molecule has 1 unspecified atom stereocenters. The maximum Gasteiger partial charge on any atom is 0.239 e. The Morgan fingerprint density at radius 1 is 1.23 bits per heavy atom. The Hall–Kier alpha value is -2.89. The average Bonchev–Trinajstić information content (AvgIpc) is 3.04. The van der Waals surface area contributed by atoms with Crippen molar-refractivity contribution in [2.45, 2.75) is 12.8 Å². The molecule has 0 spiro atoms. The van der Waals surface area contributed by atoms with Crippen LogP contribution in [0.3, 0.4) is 0 Å². The number of amides is 2. The smallest absolute Gasteiger partial charge is 0.239 e. The summed E-state index contributed by atoms with van der Waals surface area (Å²) in [7, 11) is 1.61. The van der Waals surface area contributed by atoms with E-state index in [0.717, 1.165) is 11.3 Å². The summed E-state index contributed by atoms with van der Waals surface area (Å²) >= 11 is 0. The number of anilines is 1. The van der Waals surface area contributed by atoms with Crippen LogP contribution >= 0.6 is 0 Å². The average molecular weight is 356 g/mol. The molecule has 1 N–H and O–H groups in total. The molecule has 26 heavy (non-hydrogen) atoms. The summed E-state index contributed by atoms with van der Waals surface area (Å²) in [5.74, 6) is -0.786. The van der Waals surface area contributed by atoms with Crippen LogP contribution in [0.4, 0.5) is 10.1 Å². The van der Waals surface area contributed by atoms with Gasteiger partial charge in [-0.05, 0) is 48.7 Å². The monoisotopic (exact) mass is 356 g/mol. The van der Waals surface area contributed by atoms with E-state index < -0.39 is 5.92 Å². The predicted molar refractivity (Wildman–Crippen MR) is 96.6 cm³/mol. The third kappa shape index (κ3) is 3.85. The van der Waals surface area contributed by atoms with Gasteiger partial charge < -0.3 is 15.0 Å². The molecule has 2 aromatic carbocycles. The van der Waals surface area contributed by atoms with Gasteiger partial charge in [0.1, 0.15) is 17.5 Å². The number of hydrogen-bond acceptors (Lipinski definition) is 3. The molecule has 0 radical (unpaired) electrons. The molecule has 0 aromatic heterocycles. The van der Waals surface area contributed by atoms with Gasteiger partial charge >= 0.3 is 0 Å². The number of rotatable bonds is 6. The molecule has 0 aliphatic carbocycles. The number of nitrogens with one attached hydrogen (secondary N) is 1. The first kappa shape index (κ1) is 17.9. The highest BCUT2D eigenvalue weighted by molar-refractivity contribution is 6.09. The van der Waals surface area contributed by atoms with E-state index in [1.165, 1.54) is 17.0 Å². The molecule has 1 heterocycles. The van der Waals surface area contributed by atoms with Crippen molar-refractivity contribution in [2.24, 2.45) is 5.92 Å². The third-order valence-electron chi connectivity index (χ3n) is 4.55. The Morgan fingerprint density at radius 3 is 2.69 bits per heavy atom. The number of benzene rings is 2. The molecule has 0 bridgehead atoms. The van der Waals surface area contributed by atoms with Gasteiger partial charge in [-0.15, -0.1) is 0 Å². The molecule has 5 nitrogen and oxygen atoms in total. The van der Waals surface area contributed by atoms with Gasteiger partial charge in [0, 0.05) is 18.8 Å². The molecule has 6 heteroatoms. The van der Waals surface area contributed by atoms with Gasteiger partial charge in [0.05, 0.1) is 7.11 Å². The second-order valence-electron chi connectivity index (χ2n) is 6.16. The molecule has 1 fully saturated rings. The molecular formula is C20H21FN2O3. The summed E-state index contributed by atoms with van der Waals surface area (Å²) in [5.41, 5.74) is 1.61. The molecule has 0 saturated carbocycles. The van der Waals surface area contributed by atoms with E-state index in [4.69, 9.17) is 4.74 Å². The number of carbonyl (C=O) groups excluding carboxylic acids is 2. The summed E-state index contributed by atoms with van der Waals surface area (Å²) in [6.07, 6.45) is 1.08. The molecule has 136 valence electrons. The second kappa shape index (κ2) is 7.99. The van der Waals surface area contributed by atoms with Gasteiger partial charge in [0.25, 0.3) is 0 Å². The molecule has 1 aliphatic heterocycles. The number of halogens is 1. The van der Waals surface area contributed by atoms with Gasteiger partial charge in [-0.25, -0.2) is 4.39 Å². The van der Waals surface area contributed by atoms with E-state index in [1.807, 2.05) is 24.3 Å². The van der Waals surface area contributed by atoms with Crippen molar-refractivity contribution >= 4 is 17.5 Å². The first-order valence-corrected chi connectivity index (χ1v) is 8.56. The van der Waals surface area contributed by atoms with Crippen molar-refractivity contribution in [3.05, 3.63) is 59.9 Å². The zero-order valence-corrected chi connectivity index (χ0v) is 14.6. The lowest BCUT2D eigenvalue weighted by molar-refractivity contribution is -0.132. The van der Waals surface area contributed by atoms with Crippen LogP contribution in [0.5, 0.6) is 5.75 Å². The number of nitrogens with zero attached hydrogens (tertiary/aromatic N) is 1. The zero-order valence-electron chi connectivity index (χ0n) is 14.6. The highest BCUT2D eigenvalue weighted by atomic mass is 19.1. The topological polar surface area (TPSA) is 58.6 Å². The van der Waals surface area contributed by atoms with Crippen molar-refractivity contribution in [3.8, 4) is 5.75 Å². The summed E-state index contributed by atoms with van der Waals surface area (Å²) in [5, 5.41) is 2.83. The Bertz CT molecular complexity index is 792. The zero-order chi connectivity index (χ0) is 18.5. The minimum Gasteiger partial charge on any atom is -0.496 e. The van der Waals surface area contributed by atoms with Crippen molar-refractivity contribution in [2.75, 3.05) is 25.1 Å². The minimum absolute atomic E-state index is 0.244. The lowest BCUT2D eigenvalue weighted by Crippen LogP contribution is -2.37. The van der Waals surface area contributed by atoms with E-state index >= 15 is 0 Å². The third-order valence-corrected chi connectivity index (χ3v) is 4.55. The van der Waals surface area contributed by atoms with E-state index in [2.05, 4.69) is 5.32 Å². The van der Waals surface area contributed by atoms with Crippen LogP contribution in [0.15, 0.2) is 48.5 Å². The molecular weight excluding hydrogens is 335 g/mol. The van der Waals surface area contributed by atoms with Crippen molar-refractivity contribution in [1.29, 1.82) is 0 Å². The van der Waals surface area contributed by atoms with Gasteiger partial charge in [-0.1, -0.05) is 18.2 Å². The maximum absolute atomic E-state index is 13.0. The first-order valence-electron chi connectivity index (χ1n) is 8.56. The van der Waals surface area contributed by atoms with Gasteiger partial charge in [0.2, 0.25) is 11.8 Å². The summed E-state index contributed by atoms with van der Waals surface area (Å²) in [4.78, 5) is 26.4. The Balaban J connectivity index is 1.55. The molecule has 3 rings (SSSR count).